The van der Waals surface area contributed by atoms with Crippen LogP contribution in [0.15, 0.2) is 5.38 Å². The van der Waals surface area contributed by atoms with Crippen molar-refractivity contribution in [2.24, 2.45) is 0 Å². The van der Waals surface area contributed by atoms with Crippen molar-refractivity contribution in [3.63, 3.8) is 0 Å². The Balaban J connectivity index is 2.36. The normalized spacial score (nSPS) is 12.4. The van der Waals surface area contributed by atoms with Gasteiger partial charge in [0.05, 0.1) is 0 Å². The zero-order valence-electron chi connectivity index (χ0n) is 8.71. The van der Waals surface area contributed by atoms with Gasteiger partial charge in [-0.1, -0.05) is 6.92 Å². The molecule has 1 heterocycles. The lowest BCUT2D eigenvalue weighted by Gasteiger charge is -2.12. The number of aromatic nitrogens is 1. The van der Waals surface area contributed by atoms with Gasteiger partial charge in [-0.25, -0.2) is 4.98 Å². The molecule has 0 saturated heterocycles. The van der Waals surface area contributed by atoms with Crippen LogP contribution in [0.1, 0.15) is 30.5 Å². The maximum atomic E-state index is 5.28. The maximum Gasteiger partial charge on any atom is 0.107 e. The van der Waals surface area contributed by atoms with Crippen LogP contribution >= 0.6 is 11.3 Å². The Hall–Kier alpha value is -0.850. The molecular formula is C11H16N2S. The smallest absolute Gasteiger partial charge is 0.107 e. The standard InChI is InChI=1S/C11H16N2S/c1-4-6-10(5-2)12-7-11-13-9(3)8-14-11/h1,8,10,12H,5-7H2,2-3H3. The molecule has 0 bridgehead atoms. The first-order chi connectivity index (χ1) is 6.76. The van der Waals surface area contributed by atoms with Crippen LogP contribution in [-0.2, 0) is 6.54 Å². The minimum absolute atomic E-state index is 0.421. The van der Waals surface area contributed by atoms with Gasteiger partial charge in [0.1, 0.15) is 5.01 Å². The molecule has 3 heteroatoms. The van der Waals surface area contributed by atoms with Crippen LogP contribution < -0.4 is 5.32 Å². The highest BCUT2D eigenvalue weighted by atomic mass is 32.1. The highest BCUT2D eigenvalue weighted by Crippen LogP contribution is 2.09. The van der Waals surface area contributed by atoms with Gasteiger partial charge in [-0.05, 0) is 13.3 Å². The fourth-order valence-electron chi connectivity index (χ4n) is 1.22. The van der Waals surface area contributed by atoms with Crippen LogP contribution in [0.3, 0.4) is 0 Å². The van der Waals surface area contributed by atoms with E-state index in [1.807, 2.05) is 6.92 Å². The minimum atomic E-state index is 0.421. The van der Waals surface area contributed by atoms with Crippen molar-refractivity contribution in [3.05, 3.63) is 16.1 Å². The minimum Gasteiger partial charge on any atom is -0.307 e. The molecule has 0 saturated carbocycles. The van der Waals surface area contributed by atoms with Gasteiger partial charge in [-0.2, -0.15) is 0 Å². The second kappa shape index (κ2) is 5.79. The number of hydrogen-bond acceptors (Lipinski definition) is 3. The average Bonchev–Trinajstić information content (AvgIpc) is 2.59. The molecule has 76 valence electrons. The molecule has 1 unspecified atom stereocenters. The van der Waals surface area contributed by atoms with Gasteiger partial charge in [-0.15, -0.1) is 23.7 Å². The maximum absolute atomic E-state index is 5.28. The average molecular weight is 208 g/mol. The van der Waals surface area contributed by atoms with Gasteiger partial charge in [0.25, 0.3) is 0 Å². The number of hydrogen-bond donors (Lipinski definition) is 1. The summed E-state index contributed by atoms with van der Waals surface area (Å²) in [6.07, 6.45) is 7.13. The topological polar surface area (TPSA) is 24.9 Å². The third-order valence-corrected chi connectivity index (χ3v) is 3.03. The van der Waals surface area contributed by atoms with Crippen molar-refractivity contribution in [2.45, 2.75) is 39.3 Å². The Morgan fingerprint density at radius 3 is 3.00 bits per heavy atom. The fraction of sp³-hybridized carbons (Fsp3) is 0.545. The van der Waals surface area contributed by atoms with Crippen LogP contribution in [-0.4, -0.2) is 11.0 Å². The SMILES string of the molecule is C#CCC(CC)NCc1nc(C)cs1. The highest BCUT2D eigenvalue weighted by molar-refractivity contribution is 7.09. The molecule has 1 N–H and O–H groups in total. The Kier molecular flexibility index (Phi) is 4.64. The van der Waals surface area contributed by atoms with Crippen molar-refractivity contribution in [3.8, 4) is 12.3 Å². The molecule has 2 nitrogen and oxygen atoms in total. The quantitative estimate of drug-likeness (QED) is 0.751. The Morgan fingerprint density at radius 1 is 1.71 bits per heavy atom. The van der Waals surface area contributed by atoms with Crippen molar-refractivity contribution in [1.29, 1.82) is 0 Å². The number of terminal acetylenes is 1. The lowest BCUT2D eigenvalue weighted by atomic mass is 10.1. The van der Waals surface area contributed by atoms with Gasteiger partial charge in [0, 0.05) is 30.1 Å². The van der Waals surface area contributed by atoms with Crippen LogP contribution in [0.2, 0.25) is 0 Å². The predicted octanol–water partition coefficient (Wildman–Crippen LogP) is 2.34. The Labute approximate surface area is 89.8 Å². The van der Waals surface area contributed by atoms with E-state index in [4.69, 9.17) is 6.42 Å². The van der Waals surface area contributed by atoms with Gasteiger partial charge >= 0.3 is 0 Å². The van der Waals surface area contributed by atoms with Gasteiger partial charge < -0.3 is 5.32 Å². The van der Waals surface area contributed by atoms with Crippen LogP contribution in [0.25, 0.3) is 0 Å². The van der Waals surface area contributed by atoms with E-state index in [0.29, 0.717) is 6.04 Å². The van der Waals surface area contributed by atoms with Crippen molar-refractivity contribution in [2.75, 3.05) is 0 Å². The molecule has 0 aliphatic rings. The van der Waals surface area contributed by atoms with E-state index in [0.717, 1.165) is 30.1 Å². The highest BCUT2D eigenvalue weighted by Gasteiger charge is 2.04. The van der Waals surface area contributed by atoms with E-state index in [2.05, 4.69) is 28.5 Å². The zero-order valence-corrected chi connectivity index (χ0v) is 9.53. The largest absolute Gasteiger partial charge is 0.307 e. The fourth-order valence-corrected chi connectivity index (χ4v) is 1.94. The summed E-state index contributed by atoms with van der Waals surface area (Å²) in [5, 5.41) is 6.61. The van der Waals surface area contributed by atoms with Crippen molar-refractivity contribution in [1.82, 2.24) is 10.3 Å². The molecule has 1 atom stereocenters. The third kappa shape index (κ3) is 3.49. The van der Waals surface area contributed by atoms with E-state index in [-0.39, 0.29) is 0 Å². The van der Waals surface area contributed by atoms with E-state index < -0.39 is 0 Å². The molecule has 0 radical (unpaired) electrons. The summed E-state index contributed by atoms with van der Waals surface area (Å²) in [6, 6.07) is 0.421. The molecule has 0 aromatic carbocycles. The molecule has 0 fully saturated rings. The molecule has 0 amide bonds. The Morgan fingerprint density at radius 2 is 2.50 bits per heavy atom. The van der Waals surface area contributed by atoms with E-state index in [1.54, 1.807) is 11.3 Å². The zero-order chi connectivity index (χ0) is 10.4. The van der Waals surface area contributed by atoms with Crippen LogP contribution in [0.4, 0.5) is 0 Å². The molecule has 14 heavy (non-hydrogen) atoms. The van der Waals surface area contributed by atoms with Crippen molar-refractivity contribution >= 4 is 11.3 Å². The number of nitrogens with one attached hydrogen (secondary N) is 1. The summed E-state index contributed by atoms with van der Waals surface area (Å²) in [5.41, 5.74) is 1.09. The molecule has 1 aromatic heterocycles. The number of aryl methyl sites for hydroxylation is 1. The molecule has 1 aromatic rings. The summed E-state index contributed by atoms with van der Waals surface area (Å²) < 4.78 is 0. The van der Waals surface area contributed by atoms with Crippen LogP contribution in [0.5, 0.6) is 0 Å². The summed E-state index contributed by atoms with van der Waals surface area (Å²) in [4.78, 5) is 4.38. The first-order valence-electron chi connectivity index (χ1n) is 4.84. The number of rotatable bonds is 5. The first kappa shape index (κ1) is 11.2. The molecule has 0 aliphatic carbocycles. The second-order valence-corrected chi connectivity index (χ2v) is 4.22. The molecule has 0 aliphatic heterocycles. The molecule has 0 spiro atoms. The summed E-state index contributed by atoms with van der Waals surface area (Å²) in [7, 11) is 0. The summed E-state index contributed by atoms with van der Waals surface area (Å²) in [6.45, 7) is 4.99. The van der Waals surface area contributed by atoms with E-state index in [1.165, 1.54) is 0 Å². The number of nitrogens with zero attached hydrogens (tertiary/aromatic N) is 1. The number of thiazole rings is 1. The lowest BCUT2D eigenvalue weighted by molar-refractivity contribution is 0.506. The van der Waals surface area contributed by atoms with Crippen molar-refractivity contribution < 1.29 is 0 Å². The summed E-state index contributed by atoms with van der Waals surface area (Å²) in [5.74, 6) is 2.68. The Bertz CT molecular complexity index is 311. The van der Waals surface area contributed by atoms with Gasteiger partial charge in [0.2, 0.25) is 0 Å². The predicted molar refractivity (Wildman–Crippen MR) is 61.2 cm³/mol. The first-order valence-corrected chi connectivity index (χ1v) is 5.72. The summed E-state index contributed by atoms with van der Waals surface area (Å²) >= 11 is 1.69. The van der Waals surface area contributed by atoms with Crippen LogP contribution in [0, 0.1) is 19.3 Å². The van der Waals surface area contributed by atoms with E-state index in [9.17, 15) is 0 Å². The second-order valence-electron chi connectivity index (χ2n) is 3.28. The monoisotopic (exact) mass is 208 g/mol. The lowest BCUT2D eigenvalue weighted by Crippen LogP contribution is -2.27. The molecule has 1 rings (SSSR count). The van der Waals surface area contributed by atoms with Gasteiger partial charge in [-0.3, -0.25) is 0 Å². The molecular weight excluding hydrogens is 192 g/mol. The third-order valence-electron chi connectivity index (χ3n) is 2.07. The van der Waals surface area contributed by atoms with Gasteiger partial charge in [0.15, 0.2) is 0 Å². The van der Waals surface area contributed by atoms with E-state index >= 15 is 0 Å².